The van der Waals surface area contributed by atoms with Crippen molar-refractivity contribution < 1.29 is 8.42 Å². The quantitative estimate of drug-likeness (QED) is 0.774. The van der Waals surface area contributed by atoms with Crippen LogP contribution in [0.4, 0.5) is 11.4 Å². The van der Waals surface area contributed by atoms with E-state index in [1.54, 1.807) is 6.07 Å². The van der Waals surface area contributed by atoms with Crippen molar-refractivity contribution in [2.75, 3.05) is 24.2 Å². The molecule has 0 aliphatic carbocycles. The van der Waals surface area contributed by atoms with Gasteiger partial charge in [-0.3, -0.25) is 0 Å². The number of unbranched alkanes of at least 4 members (excludes halogenated alkanes) is 1. The Labute approximate surface area is 102 Å². The van der Waals surface area contributed by atoms with Gasteiger partial charge in [0.1, 0.15) is 0 Å². The molecule has 0 atom stereocenters. The Hall–Kier alpha value is -1.27. The van der Waals surface area contributed by atoms with E-state index in [0.717, 1.165) is 19.4 Å². The van der Waals surface area contributed by atoms with Crippen LogP contribution in [0.3, 0.4) is 0 Å². The Balaban J connectivity index is 3.06. The second kappa shape index (κ2) is 5.37. The highest BCUT2D eigenvalue weighted by Gasteiger charge is 2.12. The Morgan fingerprint density at radius 3 is 2.53 bits per heavy atom. The molecule has 96 valence electrons. The first kappa shape index (κ1) is 13.8. The summed E-state index contributed by atoms with van der Waals surface area (Å²) in [6.07, 6.45) is 2.09. The monoisotopic (exact) mass is 257 g/mol. The first-order valence-electron chi connectivity index (χ1n) is 5.49. The Kier molecular flexibility index (Phi) is 4.36. The molecule has 0 saturated carbocycles. The van der Waals surface area contributed by atoms with Crippen LogP contribution in [0.1, 0.15) is 19.8 Å². The molecule has 17 heavy (non-hydrogen) atoms. The topological polar surface area (TPSA) is 89.4 Å². The van der Waals surface area contributed by atoms with E-state index < -0.39 is 10.0 Å². The number of rotatable bonds is 5. The van der Waals surface area contributed by atoms with Crippen molar-refractivity contribution in [3.8, 4) is 0 Å². The molecule has 0 radical (unpaired) electrons. The molecule has 6 heteroatoms. The molecular weight excluding hydrogens is 238 g/mol. The normalized spacial score (nSPS) is 11.5. The van der Waals surface area contributed by atoms with Crippen LogP contribution in [0.2, 0.25) is 0 Å². The third-order valence-electron chi connectivity index (χ3n) is 2.59. The Bertz CT molecular complexity index is 485. The second-order valence-electron chi connectivity index (χ2n) is 4.04. The maximum atomic E-state index is 11.3. The average molecular weight is 257 g/mol. The van der Waals surface area contributed by atoms with Gasteiger partial charge in [-0.25, -0.2) is 13.6 Å². The van der Waals surface area contributed by atoms with Crippen LogP contribution >= 0.6 is 0 Å². The molecule has 0 bridgehead atoms. The van der Waals surface area contributed by atoms with Crippen LogP contribution in [0.5, 0.6) is 0 Å². The van der Waals surface area contributed by atoms with Gasteiger partial charge in [0.2, 0.25) is 10.0 Å². The highest BCUT2D eigenvalue weighted by molar-refractivity contribution is 7.89. The molecule has 0 fully saturated rings. The molecule has 0 amide bonds. The Morgan fingerprint density at radius 1 is 1.35 bits per heavy atom. The molecule has 0 aliphatic rings. The van der Waals surface area contributed by atoms with E-state index >= 15 is 0 Å². The van der Waals surface area contributed by atoms with E-state index in [4.69, 9.17) is 10.9 Å². The lowest BCUT2D eigenvalue weighted by Crippen LogP contribution is -2.21. The Morgan fingerprint density at radius 2 is 2.00 bits per heavy atom. The van der Waals surface area contributed by atoms with Gasteiger partial charge in [-0.15, -0.1) is 0 Å². The third-order valence-corrected chi connectivity index (χ3v) is 3.50. The van der Waals surface area contributed by atoms with Crippen molar-refractivity contribution in [1.29, 1.82) is 0 Å². The summed E-state index contributed by atoms with van der Waals surface area (Å²) in [7, 11) is -1.80. The van der Waals surface area contributed by atoms with Crippen LogP contribution < -0.4 is 15.8 Å². The summed E-state index contributed by atoms with van der Waals surface area (Å²) in [5.41, 5.74) is 7.08. The van der Waals surface area contributed by atoms with Crippen molar-refractivity contribution in [2.45, 2.75) is 24.7 Å². The predicted octanol–water partition coefficient (Wildman–Crippen LogP) is 1.15. The van der Waals surface area contributed by atoms with Gasteiger partial charge in [-0.05, 0) is 24.6 Å². The number of sulfonamides is 1. The van der Waals surface area contributed by atoms with Gasteiger partial charge in [-0.2, -0.15) is 0 Å². The van der Waals surface area contributed by atoms with Crippen molar-refractivity contribution in [3.63, 3.8) is 0 Å². The number of nitrogens with two attached hydrogens (primary N) is 2. The van der Waals surface area contributed by atoms with E-state index in [1.807, 2.05) is 11.9 Å². The molecule has 0 heterocycles. The maximum absolute atomic E-state index is 11.3. The van der Waals surface area contributed by atoms with Crippen LogP contribution in [-0.4, -0.2) is 22.0 Å². The van der Waals surface area contributed by atoms with Gasteiger partial charge in [0.15, 0.2) is 0 Å². The number of primary sulfonamides is 1. The third kappa shape index (κ3) is 3.61. The molecule has 5 nitrogen and oxygen atoms in total. The largest absolute Gasteiger partial charge is 0.397 e. The molecular formula is C11H19N3O2S. The van der Waals surface area contributed by atoms with E-state index in [-0.39, 0.29) is 4.90 Å². The van der Waals surface area contributed by atoms with Gasteiger partial charge in [0.05, 0.1) is 16.3 Å². The first-order valence-corrected chi connectivity index (χ1v) is 7.04. The fraction of sp³-hybridized carbons (Fsp3) is 0.455. The minimum Gasteiger partial charge on any atom is -0.397 e. The molecule has 0 aromatic heterocycles. The van der Waals surface area contributed by atoms with Crippen molar-refractivity contribution in [2.24, 2.45) is 5.14 Å². The summed E-state index contributed by atoms with van der Waals surface area (Å²) in [4.78, 5) is 2.03. The SMILES string of the molecule is CCCCN(C)c1cc(S(N)(=O)=O)ccc1N. The molecule has 0 spiro atoms. The zero-order valence-corrected chi connectivity index (χ0v) is 11.0. The van der Waals surface area contributed by atoms with Gasteiger partial charge < -0.3 is 10.6 Å². The lowest BCUT2D eigenvalue weighted by molar-refractivity contribution is 0.598. The van der Waals surface area contributed by atoms with Crippen LogP contribution in [0.25, 0.3) is 0 Å². The predicted molar refractivity (Wildman–Crippen MR) is 70.4 cm³/mol. The van der Waals surface area contributed by atoms with Crippen molar-refractivity contribution in [1.82, 2.24) is 0 Å². The number of hydrogen-bond acceptors (Lipinski definition) is 4. The molecule has 0 unspecified atom stereocenters. The maximum Gasteiger partial charge on any atom is 0.238 e. The molecule has 1 aromatic rings. The van der Waals surface area contributed by atoms with Crippen LogP contribution in [0.15, 0.2) is 23.1 Å². The lowest BCUT2D eigenvalue weighted by Gasteiger charge is -2.21. The van der Waals surface area contributed by atoms with Gasteiger partial charge in [-0.1, -0.05) is 13.3 Å². The summed E-state index contributed by atoms with van der Waals surface area (Å²) < 4.78 is 22.5. The number of benzene rings is 1. The van der Waals surface area contributed by atoms with Gasteiger partial charge >= 0.3 is 0 Å². The zero-order valence-electron chi connectivity index (χ0n) is 10.2. The number of nitrogen functional groups attached to an aromatic ring is 1. The highest BCUT2D eigenvalue weighted by atomic mass is 32.2. The fourth-order valence-electron chi connectivity index (χ4n) is 1.55. The second-order valence-corrected chi connectivity index (χ2v) is 5.60. The molecule has 1 aromatic carbocycles. The smallest absolute Gasteiger partial charge is 0.238 e. The standard InChI is InChI=1S/C11H19N3O2S/c1-3-4-7-14(2)11-8-9(17(13,15)16)5-6-10(11)12/h5-6,8H,3-4,7,12H2,1-2H3,(H2,13,15,16). The zero-order chi connectivity index (χ0) is 13.1. The summed E-state index contributed by atoms with van der Waals surface area (Å²) in [5, 5.41) is 5.09. The molecule has 1 rings (SSSR count). The first-order chi connectivity index (χ1) is 7.86. The van der Waals surface area contributed by atoms with E-state index in [2.05, 4.69) is 6.92 Å². The highest BCUT2D eigenvalue weighted by Crippen LogP contribution is 2.25. The summed E-state index contributed by atoms with van der Waals surface area (Å²) in [5.74, 6) is 0. The van der Waals surface area contributed by atoms with Crippen LogP contribution in [-0.2, 0) is 10.0 Å². The summed E-state index contributed by atoms with van der Waals surface area (Å²) in [6, 6.07) is 4.50. The number of nitrogens with zero attached hydrogens (tertiary/aromatic N) is 1. The van der Waals surface area contributed by atoms with Crippen LogP contribution in [0, 0.1) is 0 Å². The van der Waals surface area contributed by atoms with E-state index in [1.165, 1.54) is 12.1 Å². The van der Waals surface area contributed by atoms with Gasteiger partial charge in [0.25, 0.3) is 0 Å². The van der Waals surface area contributed by atoms with E-state index in [9.17, 15) is 8.42 Å². The average Bonchev–Trinajstić information content (AvgIpc) is 2.24. The molecule has 4 N–H and O–H groups in total. The number of hydrogen-bond donors (Lipinski definition) is 2. The van der Waals surface area contributed by atoms with Gasteiger partial charge in [0, 0.05) is 13.6 Å². The summed E-state index contributed by atoms with van der Waals surface area (Å²) >= 11 is 0. The van der Waals surface area contributed by atoms with Crippen molar-refractivity contribution >= 4 is 21.4 Å². The van der Waals surface area contributed by atoms with E-state index in [0.29, 0.717) is 11.4 Å². The lowest BCUT2D eigenvalue weighted by atomic mass is 10.2. The fourth-order valence-corrected chi connectivity index (χ4v) is 2.08. The number of anilines is 2. The minimum atomic E-state index is -3.68. The molecule has 0 saturated heterocycles. The minimum absolute atomic E-state index is 0.0880. The van der Waals surface area contributed by atoms with Crippen molar-refractivity contribution in [3.05, 3.63) is 18.2 Å². The summed E-state index contributed by atoms with van der Waals surface area (Å²) in [6.45, 7) is 2.92. The molecule has 0 aliphatic heterocycles.